The number of benzene rings is 1. The van der Waals surface area contributed by atoms with Crippen molar-refractivity contribution in [3.63, 3.8) is 0 Å². The van der Waals surface area contributed by atoms with Crippen molar-refractivity contribution >= 4 is 0 Å². The number of hydrogen-bond acceptors (Lipinski definition) is 5. The van der Waals surface area contributed by atoms with Gasteiger partial charge in [0.25, 0.3) is 12.0 Å². The van der Waals surface area contributed by atoms with E-state index in [4.69, 9.17) is 4.74 Å². The van der Waals surface area contributed by atoms with Gasteiger partial charge in [0.2, 0.25) is 0 Å². The molecule has 3 rings (SSSR count). The van der Waals surface area contributed by atoms with Crippen LogP contribution >= 0.6 is 0 Å². The molecule has 0 amide bonds. The van der Waals surface area contributed by atoms with E-state index in [-0.39, 0.29) is 23.0 Å². The van der Waals surface area contributed by atoms with Gasteiger partial charge in [-0.3, -0.25) is 14.0 Å². The maximum absolute atomic E-state index is 13.0. The third kappa shape index (κ3) is 5.69. The lowest BCUT2D eigenvalue weighted by Gasteiger charge is -2.19. The molecular formula is C20H19F5N4O3. The number of ether oxygens (including phenoxy) is 2. The molecule has 0 saturated carbocycles. The Morgan fingerprint density at radius 2 is 1.81 bits per heavy atom. The van der Waals surface area contributed by atoms with E-state index in [0.717, 1.165) is 4.57 Å². The van der Waals surface area contributed by atoms with Crippen LogP contribution in [0, 0.1) is 0 Å². The molecule has 172 valence electrons. The van der Waals surface area contributed by atoms with Crippen molar-refractivity contribution in [2.45, 2.75) is 25.6 Å². The molecule has 0 aliphatic carbocycles. The predicted molar refractivity (Wildman–Crippen MR) is 104 cm³/mol. The van der Waals surface area contributed by atoms with Crippen molar-refractivity contribution in [3.05, 3.63) is 58.8 Å². The highest BCUT2D eigenvalue weighted by molar-refractivity contribution is 5.54. The molecule has 0 aliphatic heterocycles. The van der Waals surface area contributed by atoms with Gasteiger partial charge < -0.3 is 9.47 Å². The minimum atomic E-state index is -4.49. The van der Waals surface area contributed by atoms with E-state index >= 15 is 0 Å². The van der Waals surface area contributed by atoms with Gasteiger partial charge in [0.15, 0.2) is 6.61 Å². The standard InChI is InChI=1S/C20H19F5N4O3/c1-12(31-10-17(21)22)19-27-15(16-7-8-26-28(16)2)9-18(30)29(19)13-3-5-14(6-4-13)32-11-20(23,24)25/h3-9,12,17H,10-11H2,1-2H3. The molecule has 12 heteroatoms. The van der Waals surface area contributed by atoms with Crippen LogP contribution in [0.5, 0.6) is 5.75 Å². The zero-order valence-electron chi connectivity index (χ0n) is 17.0. The summed E-state index contributed by atoms with van der Waals surface area (Å²) in [5, 5.41) is 4.03. The summed E-state index contributed by atoms with van der Waals surface area (Å²) < 4.78 is 74.8. The van der Waals surface area contributed by atoms with Crippen LogP contribution in [-0.2, 0) is 11.8 Å². The van der Waals surface area contributed by atoms with Gasteiger partial charge in [0.05, 0.1) is 17.1 Å². The van der Waals surface area contributed by atoms with E-state index in [1.165, 1.54) is 48.1 Å². The number of rotatable bonds is 8. The van der Waals surface area contributed by atoms with Gasteiger partial charge in [0, 0.05) is 19.3 Å². The van der Waals surface area contributed by atoms with Gasteiger partial charge in [-0.1, -0.05) is 0 Å². The van der Waals surface area contributed by atoms with Crippen LogP contribution in [0.4, 0.5) is 22.0 Å². The number of alkyl halides is 5. The Bertz CT molecular complexity index is 1110. The Balaban J connectivity index is 2.02. The van der Waals surface area contributed by atoms with Crippen LogP contribution in [0.2, 0.25) is 0 Å². The first kappa shape index (κ1) is 23.4. The Labute approximate surface area is 179 Å². The predicted octanol–water partition coefficient (Wildman–Crippen LogP) is 3.92. The summed E-state index contributed by atoms with van der Waals surface area (Å²) in [6.07, 6.45) is -6.70. The van der Waals surface area contributed by atoms with Crippen LogP contribution in [-0.4, -0.2) is 45.1 Å². The molecule has 1 atom stereocenters. The van der Waals surface area contributed by atoms with Gasteiger partial charge in [-0.2, -0.15) is 18.3 Å². The van der Waals surface area contributed by atoms with Crippen LogP contribution in [0.1, 0.15) is 18.9 Å². The fraction of sp³-hybridized carbons (Fsp3) is 0.350. The molecule has 1 unspecified atom stereocenters. The monoisotopic (exact) mass is 458 g/mol. The van der Waals surface area contributed by atoms with E-state index in [2.05, 4.69) is 14.8 Å². The molecule has 32 heavy (non-hydrogen) atoms. The fourth-order valence-corrected chi connectivity index (χ4v) is 2.94. The second kappa shape index (κ2) is 9.47. The summed E-state index contributed by atoms with van der Waals surface area (Å²) in [4.78, 5) is 17.4. The first-order valence-electron chi connectivity index (χ1n) is 9.37. The van der Waals surface area contributed by atoms with Gasteiger partial charge >= 0.3 is 6.18 Å². The molecule has 0 bridgehead atoms. The smallest absolute Gasteiger partial charge is 0.422 e. The van der Waals surface area contributed by atoms with E-state index < -0.39 is 37.5 Å². The summed E-state index contributed by atoms with van der Waals surface area (Å²) in [5.74, 6) is -0.0135. The van der Waals surface area contributed by atoms with Crippen LogP contribution in [0.25, 0.3) is 17.1 Å². The van der Waals surface area contributed by atoms with Crippen molar-refractivity contribution in [3.8, 4) is 22.8 Å². The minimum Gasteiger partial charge on any atom is -0.484 e. The Kier molecular flexibility index (Phi) is 6.92. The Morgan fingerprint density at radius 1 is 1.12 bits per heavy atom. The second-order valence-electron chi connectivity index (χ2n) is 6.78. The molecule has 2 aromatic heterocycles. The third-order valence-electron chi connectivity index (χ3n) is 4.36. The Hall–Kier alpha value is -3.28. The number of hydrogen-bond donors (Lipinski definition) is 0. The number of aryl methyl sites for hydroxylation is 1. The van der Waals surface area contributed by atoms with Gasteiger partial charge in [0.1, 0.15) is 24.3 Å². The zero-order chi connectivity index (χ0) is 23.5. The highest BCUT2D eigenvalue weighted by Gasteiger charge is 2.28. The minimum absolute atomic E-state index is 0.0401. The van der Waals surface area contributed by atoms with Gasteiger partial charge in [-0.15, -0.1) is 0 Å². The maximum Gasteiger partial charge on any atom is 0.422 e. The molecule has 0 radical (unpaired) electrons. The lowest BCUT2D eigenvalue weighted by Crippen LogP contribution is -2.26. The molecule has 7 nitrogen and oxygen atoms in total. The van der Waals surface area contributed by atoms with Crippen molar-refractivity contribution in [2.75, 3.05) is 13.2 Å². The summed E-state index contributed by atoms with van der Waals surface area (Å²) in [6, 6.07) is 8.12. The molecule has 0 N–H and O–H groups in total. The third-order valence-corrected chi connectivity index (χ3v) is 4.36. The van der Waals surface area contributed by atoms with Crippen molar-refractivity contribution in [2.24, 2.45) is 7.05 Å². The number of aromatic nitrogens is 4. The molecule has 0 saturated heterocycles. The first-order valence-corrected chi connectivity index (χ1v) is 9.37. The van der Waals surface area contributed by atoms with E-state index in [1.807, 2.05) is 0 Å². The average Bonchev–Trinajstić information content (AvgIpc) is 3.15. The fourth-order valence-electron chi connectivity index (χ4n) is 2.94. The van der Waals surface area contributed by atoms with Crippen molar-refractivity contribution < 1.29 is 31.4 Å². The summed E-state index contributed by atoms with van der Waals surface area (Å²) in [6.45, 7) is -0.858. The second-order valence-corrected chi connectivity index (χ2v) is 6.78. The normalized spacial score (nSPS) is 12.9. The van der Waals surface area contributed by atoms with Gasteiger partial charge in [-0.05, 0) is 37.3 Å². The van der Waals surface area contributed by atoms with Crippen LogP contribution < -0.4 is 10.3 Å². The summed E-state index contributed by atoms with van der Waals surface area (Å²) in [5.41, 5.74) is 0.495. The largest absolute Gasteiger partial charge is 0.484 e. The van der Waals surface area contributed by atoms with Crippen LogP contribution in [0.15, 0.2) is 47.4 Å². The molecule has 1 aromatic carbocycles. The van der Waals surface area contributed by atoms with Crippen LogP contribution in [0.3, 0.4) is 0 Å². The van der Waals surface area contributed by atoms with Crippen molar-refractivity contribution in [1.29, 1.82) is 0 Å². The summed E-state index contributed by atoms with van der Waals surface area (Å²) >= 11 is 0. The van der Waals surface area contributed by atoms with Gasteiger partial charge in [-0.25, -0.2) is 13.8 Å². The molecule has 0 aliphatic rings. The van der Waals surface area contributed by atoms with E-state index in [9.17, 15) is 26.7 Å². The number of halogens is 5. The lowest BCUT2D eigenvalue weighted by atomic mass is 10.2. The molecule has 2 heterocycles. The maximum atomic E-state index is 13.0. The van der Waals surface area contributed by atoms with E-state index in [1.54, 1.807) is 13.1 Å². The molecule has 0 fully saturated rings. The highest BCUT2D eigenvalue weighted by Crippen LogP contribution is 2.24. The molecule has 3 aromatic rings. The molecular weight excluding hydrogens is 439 g/mol. The quantitative estimate of drug-likeness (QED) is 0.479. The first-order chi connectivity index (χ1) is 15.0. The van der Waals surface area contributed by atoms with Crippen molar-refractivity contribution in [1.82, 2.24) is 19.3 Å². The average molecular weight is 458 g/mol. The van der Waals surface area contributed by atoms with E-state index in [0.29, 0.717) is 5.69 Å². The molecule has 0 spiro atoms. The summed E-state index contributed by atoms with van der Waals surface area (Å²) in [7, 11) is 1.65. The number of nitrogens with zero attached hydrogens (tertiary/aromatic N) is 4. The highest BCUT2D eigenvalue weighted by atomic mass is 19.4. The lowest BCUT2D eigenvalue weighted by molar-refractivity contribution is -0.153. The zero-order valence-corrected chi connectivity index (χ0v) is 17.0. The SMILES string of the molecule is CC(OCC(F)F)c1nc(-c2ccnn2C)cc(=O)n1-c1ccc(OCC(F)(F)F)cc1. The Morgan fingerprint density at radius 3 is 2.38 bits per heavy atom. The topological polar surface area (TPSA) is 71.2 Å².